The third-order valence-electron chi connectivity index (χ3n) is 4.54. The number of ether oxygens (including phenoxy) is 4. The summed E-state index contributed by atoms with van der Waals surface area (Å²) in [6.45, 7) is 1.31. The van der Waals surface area contributed by atoms with Crippen molar-refractivity contribution in [2.24, 2.45) is 5.92 Å². The second-order valence-electron chi connectivity index (χ2n) is 6.98. The minimum atomic E-state index is -0.290. The van der Waals surface area contributed by atoms with E-state index < -0.39 is 0 Å². The van der Waals surface area contributed by atoms with E-state index in [4.69, 9.17) is 18.9 Å². The number of hydrogen-bond acceptors (Lipinski definition) is 9. The van der Waals surface area contributed by atoms with Crippen LogP contribution in [0.4, 0.5) is 0 Å². The van der Waals surface area contributed by atoms with Crippen LogP contribution in [0, 0.1) is 5.92 Å². The predicted octanol–water partition coefficient (Wildman–Crippen LogP) is 2.06. The quantitative estimate of drug-likeness (QED) is 0.171. The van der Waals surface area contributed by atoms with Gasteiger partial charge < -0.3 is 18.9 Å². The second kappa shape index (κ2) is 13.5. The molecule has 1 saturated carbocycles. The first-order valence-electron chi connectivity index (χ1n) is 9.83. The summed E-state index contributed by atoms with van der Waals surface area (Å²) in [5.41, 5.74) is 0. The number of epoxide rings is 1. The minimum Gasteiger partial charge on any atom is -0.466 e. The van der Waals surface area contributed by atoms with Crippen LogP contribution >= 0.6 is 24.4 Å². The van der Waals surface area contributed by atoms with Gasteiger partial charge in [0.2, 0.25) is 0 Å². The van der Waals surface area contributed by atoms with Gasteiger partial charge in [0.05, 0.1) is 44.9 Å². The Morgan fingerprint density at radius 3 is 2.29 bits per heavy atom. The first-order chi connectivity index (χ1) is 13.6. The van der Waals surface area contributed by atoms with Gasteiger partial charge in [-0.3, -0.25) is 14.4 Å². The maximum Gasteiger partial charge on any atom is 0.306 e. The molecule has 1 saturated heterocycles. The van der Waals surface area contributed by atoms with Crippen LogP contribution in [-0.4, -0.2) is 73.6 Å². The molecule has 0 bridgehead atoms. The van der Waals surface area contributed by atoms with Gasteiger partial charge in [-0.1, -0.05) is 0 Å². The molecule has 160 valence electrons. The minimum absolute atomic E-state index is 0.0990. The van der Waals surface area contributed by atoms with Crippen molar-refractivity contribution in [1.29, 1.82) is 0 Å². The van der Waals surface area contributed by atoms with Crippen LogP contribution in [0.5, 0.6) is 0 Å². The first kappa shape index (κ1) is 23.5. The normalized spacial score (nSPS) is 22.5. The number of thiol groups is 1. The van der Waals surface area contributed by atoms with Gasteiger partial charge in [-0.05, 0) is 18.8 Å². The van der Waals surface area contributed by atoms with E-state index in [1.807, 2.05) is 0 Å². The topological polar surface area (TPSA) is 91.4 Å². The fourth-order valence-electron chi connectivity index (χ4n) is 3.00. The molecule has 2 aliphatic rings. The third-order valence-corrected chi connectivity index (χ3v) is 5.75. The Labute approximate surface area is 176 Å². The molecule has 0 spiro atoms. The van der Waals surface area contributed by atoms with Crippen molar-refractivity contribution < 1.29 is 33.3 Å². The molecule has 7 nitrogen and oxygen atoms in total. The van der Waals surface area contributed by atoms with E-state index in [9.17, 15) is 14.4 Å². The molecule has 28 heavy (non-hydrogen) atoms. The SMILES string of the molecule is O=C(CCSCCC(=O)OCCCOC(=O)CCS)COCC1CC2OC2C1. The lowest BCUT2D eigenvalue weighted by Gasteiger charge is -2.11. The van der Waals surface area contributed by atoms with E-state index in [2.05, 4.69) is 12.6 Å². The number of carbonyl (C=O) groups excluding carboxylic acids is 3. The van der Waals surface area contributed by atoms with Crippen LogP contribution in [0.2, 0.25) is 0 Å². The average molecular weight is 435 g/mol. The summed E-state index contributed by atoms with van der Waals surface area (Å²) < 4.78 is 20.9. The Hall–Kier alpha value is -0.770. The lowest BCUT2D eigenvalue weighted by Crippen LogP contribution is -2.15. The molecule has 1 aliphatic heterocycles. The van der Waals surface area contributed by atoms with Gasteiger partial charge in [0.1, 0.15) is 6.61 Å². The van der Waals surface area contributed by atoms with E-state index in [1.54, 1.807) is 11.8 Å². The highest BCUT2D eigenvalue weighted by molar-refractivity contribution is 7.99. The number of ketones is 1. The molecule has 1 heterocycles. The van der Waals surface area contributed by atoms with Gasteiger partial charge in [0.15, 0.2) is 5.78 Å². The smallest absolute Gasteiger partial charge is 0.306 e. The van der Waals surface area contributed by atoms with Gasteiger partial charge >= 0.3 is 11.9 Å². The van der Waals surface area contributed by atoms with E-state index >= 15 is 0 Å². The monoisotopic (exact) mass is 434 g/mol. The summed E-state index contributed by atoms with van der Waals surface area (Å²) in [5, 5.41) is 0. The largest absolute Gasteiger partial charge is 0.466 e. The van der Waals surface area contributed by atoms with Gasteiger partial charge in [-0.25, -0.2) is 0 Å². The molecular weight excluding hydrogens is 404 g/mol. The van der Waals surface area contributed by atoms with Crippen LogP contribution in [0.1, 0.15) is 38.5 Å². The summed E-state index contributed by atoms with van der Waals surface area (Å²) in [5.74, 6) is 1.83. The highest BCUT2D eigenvalue weighted by Gasteiger charge is 2.47. The van der Waals surface area contributed by atoms with Gasteiger partial charge in [0, 0.05) is 30.1 Å². The van der Waals surface area contributed by atoms with Gasteiger partial charge in [-0.2, -0.15) is 24.4 Å². The molecule has 0 radical (unpaired) electrons. The first-order valence-corrected chi connectivity index (χ1v) is 11.6. The van der Waals surface area contributed by atoms with E-state index in [1.165, 1.54) is 0 Å². The zero-order valence-corrected chi connectivity index (χ0v) is 17.8. The Balaban J connectivity index is 1.32. The number of carbonyl (C=O) groups is 3. The summed E-state index contributed by atoms with van der Waals surface area (Å²) >= 11 is 5.50. The molecule has 0 N–H and O–H groups in total. The zero-order valence-electron chi connectivity index (χ0n) is 16.1. The van der Waals surface area contributed by atoms with Crippen molar-refractivity contribution in [3.8, 4) is 0 Å². The molecule has 1 aliphatic carbocycles. The second-order valence-corrected chi connectivity index (χ2v) is 8.66. The summed E-state index contributed by atoms with van der Waals surface area (Å²) in [7, 11) is 0. The van der Waals surface area contributed by atoms with Crippen molar-refractivity contribution in [1.82, 2.24) is 0 Å². The van der Waals surface area contributed by atoms with E-state index in [0.29, 0.717) is 61.3 Å². The van der Waals surface area contributed by atoms with Crippen molar-refractivity contribution in [2.45, 2.75) is 50.7 Å². The van der Waals surface area contributed by atoms with E-state index in [0.717, 1.165) is 12.8 Å². The van der Waals surface area contributed by atoms with Gasteiger partial charge in [-0.15, -0.1) is 0 Å². The number of Topliss-reactive ketones (excluding diaryl/α,β-unsaturated/α-hetero) is 1. The number of rotatable bonds is 16. The van der Waals surface area contributed by atoms with Crippen LogP contribution < -0.4 is 0 Å². The van der Waals surface area contributed by atoms with Crippen molar-refractivity contribution in [3.05, 3.63) is 0 Å². The lowest BCUT2D eigenvalue weighted by molar-refractivity contribution is -0.145. The number of fused-ring (bicyclic) bond motifs is 1. The zero-order chi connectivity index (χ0) is 20.2. The van der Waals surface area contributed by atoms with Crippen molar-refractivity contribution in [2.75, 3.05) is 43.7 Å². The molecular formula is C19H30O7S2. The van der Waals surface area contributed by atoms with Crippen LogP contribution in [0.25, 0.3) is 0 Å². The van der Waals surface area contributed by atoms with Crippen LogP contribution in [-0.2, 0) is 33.3 Å². The van der Waals surface area contributed by atoms with Crippen molar-refractivity contribution in [3.63, 3.8) is 0 Å². The Morgan fingerprint density at radius 1 is 0.964 bits per heavy atom. The predicted molar refractivity (Wildman–Crippen MR) is 109 cm³/mol. The molecule has 0 aromatic carbocycles. The molecule has 0 aromatic heterocycles. The third kappa shape index (κ3) is 10.1. The highest BCUT2D eigenvalue weighted by atomic mass is 32.2. The fraction of sp³-hybridized carbons (Fsp3) is 0.842. The Morgan fingerprint density at radius 2 is 1.61 bits per heavy atom. The molecule has 0 aromatic rings. The number of hydrogen-bond donors (Lipinski definition) is 1. The van der Waals surface area contributed by atoms with Crippen LogP contribution in [0.3, 0.4) is 0 Å². The lowest BCUT2D eigenvalue weighted by atomic mass is 10.1. The van der Waals surface area contributed by atoms with Crippen molar-refractivity contribution >= 4 is 42.1 Å². The maximum absolute atomic E-state index is 11.8. The molecule has 2 fully saturated rings. The van der Waals surface area contributed by atoms with Gasteiger partial charge in [0.25, 0.3) is 0 Å². The number of thioether (sulfide) groups is 1. The summed E-state index contributed by atoms with van der Waals surface area (Å²) in [4.78, 5) is 34.5. The average Bonchev–Trinajstić information content (AvgIpc) is 3.27. The standard InChI is InChI=1S/C19H30O7S2/c20-15(13-23-12-14-10-16-17(11-14)26-16)3-8-28-9-4-19(22)25-6-1-5-24-18(21)2-7-27/h14,16-17,27H,1-13H2. The molecule has 2 unspecified atom stereocenters. The summed E-state index contributed by atoms with van der Waals surface area (Å²) in [6.07, 6.45) is 4.56. The molecule has 0 amide bonds. The fourth-order valence-corrected chi connectivity index (χ4v) is 4.07. The molecule has 2 rings (SSSR count). The summed E-state index contributed by atoms with van der Waals surface area (Å²) in [6, 6.07) is 0. The molecule has 9 heteroatoms. The molecule has 2 atom stereocenters. The Kier molecular flexibility index (Phi) is 11.3. The maximum atomic E-state index is 11.8. The van der Waals surface area contributed by atoms with Crippen LogP contribution in [0.15, 0.2) is 0 Å². The number of esters is 2. The Bertz CT molecular complexity index is 505. The highest BCUT2D eigenvalue weighted by Crippen LogP contribution is 2.42. The van der Waals surface area contributed by atoms with E-state index in [-0.39, 0.29) is 44.0 Å².